The van der Waals surface area contributed by atoms with Crippen molar-refractivity contribution in [2.75, 3.05) is 11.9 Å². The van der Waals surface area contributed by atoms with Crippen LogP contribution < -0.4 is 10.6 Å². The first-order chi connectivity index (χ1) is 17.7. The number of hydrogen-bond acceptors (Lipinski definition) is 6. The molecule has 1 aromatic heterocycles. The molecule has 0 spiro atoms. The maximum atomic E-state index is 12.9. The fourth-order valence-corrected chi connectivity index (χ4v) is 6.30. The molecule has 2 fully saturated rings. The number of nitrogens with zero attached hydrogens (tertiary/aromatic N) is 3. The topological polar surface area (TPSA) is 95.5 Å². The molecule has 2 aliphatic heterocycles. The number of pyridine rings is 1. The van der Waals surface area contributed by atoms with E-state index >= 15 is 0 Å². The van der Waals surface area contributed by atoms with Gasteiger partial charge in [-0.25, -0.2) is 9.78 Å². The van der Waals surface area contributed by atoms with Gasteiger partial charge in [-0.3, -0.25) is 0 Å². The quantitative estimate of drug-likeness (QED) is 0.535. The summed E-state index contributed by atoms with van der Waals surface area (Å²) < 4.78 is 5.72. The van der Waals surface area contributed by atoms with E-state index < -0.39 is 5.60 Å². The Bertz CT molecular complexity index is 1220. The molecular weight excluding hydrogens is 462 g/mol. The molecule has 2 saturated heterocycles. The fourth-order valence-electron chi connectivity index (χ4n) is 6.30. The van der Waals surface area contributed by atoms with Crippen LogP contribution in [0.4, 0.5) is 10.6 Å². The summed E-state index contributed by atoms with van der Waals surface area (Å²) in [7, 11) is 2.15. The van der Waals surface area contributed by atoms with Crippen molar-refractivity contribution in [3.63, 3.8) is 0 Å². The number of rotatable bonds is 4. The monoisotopic (exact) mass is 501 g/mol. The molecule has 3 atom stereocenters. The summed E-state index contributed by atoms with van der Waals surface area (Å²) in [5, 5.41) is 7.63. The predicted octanol–water partition coefficient (Wildman–Crippen LogP) is 5.55. The number of anilines is 1. The van der Waals surface area contributed by atoms with Crippen LogP contribution in [-0.2, 0) is 17.6 Å². The molecule has 2 bridgehead atoms. The van der Waals surface area contributed by atoms with Gasteiger partial charge < -0.3 is 25.7 Å². The second kappa shape index (κ2) is 9.84. The number of nitrogens with two attached hydrogens (primary N) is 1. The van der Waals surface area contributed by atoms with Crippen LogP contribution in [-0.4, -0.2) is 53.0 Å². The minimum Gasteiger partial charge on any atom is -0.444 e. The second-order valence-corrected chi connectivity index (χ2v) is 11.7. The maximum absolute atomic E-state index is 12.9. The van der Waals surface area contributed by atoms with Gasteiger partial charge in [0.25, 0.3) is 0 Å². The van der Waals surface area contributed by atoms with E-state index in [-0.39, 0.29) is 18.2 Å². The summed E-state index contributed by atoms with van der Waals surface area (Å²) >= 11 is 0. The van der Waals surface area contributed by atoms with Crippen molar-refractivity contribution >= 4 is 23.7 Å². The number of piperidine rings is 1. The number of aryl methyl sites for hydroxylation is 2. The van der Waals surface area contributed by atoms with E-state index in [9.17, 15) is 4.79 Å². The standard InChI is InChI=1S/C30H39N5O2/c1-30(2,3)37-29(36)35-22-9-10-23(35)16-24(15-22)34(4)28-13-12-26-25-11-8-19(21(17-31)18-32)14-20(25)6-5-7-27(26)33-28/h8,11-14,17-18,22-24,31H,5-7,9-10,15-16,32H2,1-4H3/b21-18+,31-17?/t22-,23?,24?/m0/s1. The molecule has 1 amide bonds. The van der Waals surface area contributed by atoms with Gasteiger partial charge in [0, 0.05) is 48.7 Å². The molecule has 7 nitrogen and oxygen atoms in total. The smallest absolute Gasteiger partial charge is 0.410 e. The van der Waals surface area contributed by atoms with Crippen molar-refractivity contribution in [3.8, 4) is 11.1 Å². The molecule has 2 unspecified atom stereocenters. The Morgan fingerprint density at radius 2 is 1.84 bits per heavy atom. The van der Waals surface area contributed by atoms with Crippen molar-refractivity contribution < 1.29 is 9.53 Å². The van der Waals surface area contributed by atoms with Gasteiger partial charge in [0.15, 0.2) is 0 Å². The summed E-state index contributed by atoms with van der Waals surface area (Å²) in [5.41, 5.74) is 11.8. The van der Waals surface area contributed by atoms with Crippen LogP contribution >= 0.6 is 0 Å². The molecule has 2 aromatic rings. The Morgan fingerprint density at radius 3 is 2.49 bits per heavy atom. The summed E-state index contributed by atoms with van der Waals surface area (Å²) in [6, 6.07) is 11.6. The minimum atomic E-state index is -0.473. The molecule has 1 aromatic carbocycles. The van der Waals surface area contributed by atoms with Gasteiger partial charge in [-0.2, -0.15) is 0 Å². The summed E-state index contributed by atoms with van der Waals surface area (Å²) in [4.78, 5) is 22.4. The van der Waals surface area contributed by atoms with E-state index in [0.29, 0.717) is 6.04 Å². The van der Waals surface area contributed by atoms with Crippen LogP contribution in [0.15, 0.2) is 36.5 Å². The number of amides is 1. The number of aromatic nitrogens is 1. The van der Waals surface area contributed by atoms with E-state index in [2.05, 4.69) is 36.2 Å². The molecule has 3 N–H and O–H groups in total. The van der Waals surface area contributed by atoms with Crippen LogP contribution in [0.25, 0.3) is 16.7 Å². The zero-order chi connectivity index (χ0) is 26.3. The average molecular weight is 502 g/mol. The Labute approximate surface area is 220 Å². The Morgan fingerprint density at radius 1 is 1.14 bits per heavy atom. The third kappa shape index (κ3) is 4.96. The molecule has 7 heteroatoms. The van der Waals surface area contributed by atoms with E-state index in [1.807, 2.05) is 31.7 Å². The highest BCUT2D eigenvalue weighted by atomic mass is 16.6. The number of ether oxygens (including phenoxy) is 1. The lowest BCUT2D eigenvalue weighted by Gasteiger charge is -2.42. The molecule has 3 aliphatic rings. The number of allylic oxidation sites excluding steroid dienone is 1. The molecule has 37 heavy (non-hydrogen) atoms. The lowest BCUT2D eigenvalue weighted by molar-refractivity contribution is 0.00597. The number of benzene rings is 1. The number of nitrogens with one attached hydrogen (secondary N) is 1. The SMILES string of the molecule is CN(c1ccc2c(n1)CCCc1cc(/C(C=N)=C/N)ccc1-2)C1CC2CC[C@@H](C1)N2C(=O)OC(C)(C)C. The molecule has 5 rings (SSSR count). The van der Waals surface area contributed by atoms with Crippen molar-refractivity contribution in [3.05, 3.63) is 53.4 Å². The molecule has 1 aliphatic carbocycles. The van der Waals surface area contributed by atoms with E-state index in [0.717, 1.165) is 67.6 Å². The average Bonchev–Trinajstić information content (AvgIpc) is 3.01. The highest BCUT2D eigenvalue weighted by molar-refractivity contribution is 6.08. The summed E-state index contributed by atoms with van der Waals surface area (Å²) in [6.07, 6.45) is 9.57. The van der Waals surface area contributed by atoms with Gasteiger partial charge in [-0.1, -0.05) is 18.2 Å². The minimum absolute atomic E-state index is 0.166. The second-order valence-electron chi connectivity index (χ2n) is 11.7. The van der Waals surface area contributed by atoms with Crippen molar-refractivity contribution in [2.24, 2.45) is 5.73 Å². The van der Waals surface area contributed by atoms with Gasteiger partial charge in [0.2, 0.25) is 0 Å². The van der Waals surface area contributed by atoms with Crippen molar-refractivity contribution in [2.45, 2.75) is 89.4 Å². The molecular formula is C30H39N5O2. The van der Waals surface area contributed by atoms with E-state index in [1.54, 1.807) is 0 Å². The van der Waals surface area contributed by atoms with Crippen LogP contribution in [0, 0.1) is 5.41 Å². The van der Waals surface area contributed by atoms with Gasteiger partial charge in [-0.05, 0) is 94.5 Å². The van der Waals surface area contributed by atoms with Gasteiger partial charge >= 0.3 is 6.09 Å². The van der Waals surface area contributed by atoms with Crippen LogP contribution in [0.2, 0.25) is 0 Å². The Kier molecular flexibility index (Phi) is 6.73. The molecule has 196 valence electrons. The predicted molar refractivity (Wildman–Crippen MR) is 149 cm³/mol. The third-order valence-electron chi connectivity index (χ3n) is 8.10. The first kappa shape index (κ1) is 25.3. The Balaban J connectivity index is 1.35. The van der Waals surface area contributed by atoms with E-state index in [1.165, 1.54) is 29.1 Å². The molecule has 3 heterocycles. The van der Waals surface area contributed by atoms with Gasteiger partial charge in [-0.15, -0.1) is 0 Å². The number of carbonyl (C=O) groups excluding carboxylic acids is 1. The highest BCUT2D eigenvalue weighted by Gasteiger charge is 2.46. The number of carbonyl (C=O) groups is 1. The van der Waals surface area contributed by atoms with Crippen LogP contribution in [0.1, 0.15) is 69.7 Å². The zero-order valence-electron chi connectivity index (χ0n) is 22.5. The summed E-state index contributed by atoms with van der Waals surface area (Å²) in [6.45, 7) is 5.79. The lowest BCUT2D eigenvalue weighted by atomic mass is 9.94. The fraction of sp³-hybridized carbons (Fsp3) is 0.500. The number of fused-ring (bicyclic) bond motifs is 5. The first-order valence-electron chi connectivity index (χ1n) is 13.5. The van der Waals surface area contributed by atoms with Crippen molar-refractivity contribution in [1.82, 2.24) is 9.88 Å². The van der Waals surface area contributed by atoms with E-state index in [4.69, 9.17) is 20.9 Å². The lowest BCUT2D eigenvalue weighted by Crippen LogP contribution is -2.53. The largest absolute Gasteiger partial charge is 0.444 e. The highest BCUT2D eigenvalue weighted by Crippen LogP contribution is 2.40. The number of hydrogen-bond donors (Lipinski definition) is 2. The van der Waals surface area contributed by atoms with Crippen molar-refractivity contribution in [1.29, 1.82) is 5.41 Å². The molecule has 0 saturated carbocycles. The maximum Gasteiger partial charge on any atom is 0.410 e. The van der Waals surface area contributed by atoms with Gasteiger partial charge in [0.05, 0.1) is 5.69 Å². The third-order valence-corrected chi connectivity index (χ3v) is 8.10. The summed E-state index contributed by atoms with van der Waals surface area (Å²) in [5.74, 6) is 1.01. The first-order valence-corrected chi connectivity index (χ1v) is 13.5. The van der Waals surface area contributed by atoms with Crippen LogP contribution in [0.5, 0.6) is 0 Å². The Hall–Kier alpha value is -3.35. The van der Waals surface area contributed by atoms with Crippen LogP contribution in [0.3, 0.4) is 0 Å². The normalized spacial score (nSPS) is 23.1. The molecule has 0 radical (unpaired) electrons. The van der Waals surface area contributed by atoms with Gasteiger partial charge in [0.1, 0.15) is 11.4 Å². The zero-order valence-corrected chi connectivity index (χ0v) is 22.5.